The number of carbonyl (C=O) groups excluding carboxylic acids is 2. The molecule has 2 aromatic carbocycles. The smallest absolute Gasteiger partial charge is 0.160 e. The van der Waals surface area contributed by atoms with Gasteiger partial charge >= 0.3 is 0 Å². The van der Waals surface area contributed by atoms with Crippen LogP contribution >= 0.6 is 0 Å². The van der Waals surface area contributed by atoms with Crippen molar-refractivity contribution in [3.05, 3.63) is 67.8 Å². The quantitative estimate of drug-likeness (QED) is 0.602. The van der Waals surface area contributed by atoms with Gasteiger partial charge in [-0.3, -0.25) is 9.59 Å². The number of ether oxygens (including phenoxy) is 1. The molecule has 0 N–H and O–H groups in total. The SMILES string of the molecule is COCC(c1cc(C(C)=O)c(C)c(C)c1C)c1cc(C(C)=O)c(C)c(C)c1C. The Morgan fingerprint density at radius 2 is 1.07 bits per heavy atom. The van der Waals surface area contributed by atoms with Crippen LogP contribution in [0.4, 0.5) is 0 Å². The number of ketones is 2. The molecule has 2 aromatic rings. The summed E-state index contributed by atoms with van der Waals surface area (Å²) in [6.45, 7) is 16.1. The zero-order valence-corrected chi connectivity index (χ0v) is 18.7. The van der Waals surface area contributed by atoms with Gasteiger partial charge in [-0.25, -0.2) is 0 Å². The van der Waals surface area contributed by atoms with Gasteiger partial charge in [0.25, 0.3) is 0 Å². The number of hydrogen-bond donors (Lipinski definition) is 0. The first-order valence-electron chi connectivity index (χ1n) is 9.75. The molecule has 0 unspecified atom stereocenters. The molecule has 0 fully saturated rings. The van der Waals surface area contributed by atoms with E-state index in [2.05, 4.69) is 27.7 Å². The molecule has 2 rings (SSSR count). The topological polar surface area (TPSA) is 43.4 Å². The monoisotopic (exact) mass is 380 g/mol. The van der Waals surface area contributed by atoms with Crippen molar-refractivity contribution in [3.63, 3.8) is 0 Å². The van der Waals surface area contributed by atoms with Crippen molar-refractivity contribution >= 4 is 11.6 Å². The molecule has 28 heavy (non-hydrogen) atoms. The summed E-state index contributed by atoms with van der Waals surface area (Å²) in [5.41, 5.74) is 10.4. The lowest BCUT2D eigenvalue weighted by Crippen LogP contribution is -2.16. The maximum atomic E-state index is 12.2. The molecule has 0 aromatic heterocycles. The fraction of sp³-hybridized carbons (Fsp3) is 0.440. The maximum absolute atomic E-state index is 12.2. The van der Waals surface area contributed by atoms with Crippen molar-refractivity contribution in [2.45, 2.75) is 61.3 Å². The first-order chi connectivity index (χ1) is 13.0. The summed E-state index contributed by atoms with van der Waals surface area (Å²) in [5, 5.41) is 0. The van der Waals surface area contributed by atoms with Crippen LogP contribution < -0.4 is 0 Å². The summed E-state index contributed by atoms with van der Waals surface area (Å²) in [6, 6.07) is 4.04. The average molecular weight is 381 g/mol. The minimum Gasteiger partial charge on any atom is -0.384 e. The third kappa shape index (κ3) is 3.81. The van der Waals surface area contributed by atoms with Gasteiger partial charge in [0, 0.05) is 24.2 Å². The Hall–Kier alpha value is -2.26. The molecule has 0 spiro atoms. The molecule has 0 heterocycles. The molecule has 0 aliphatic carbocycles. The van der Waals surface area contributed by atoms with Gasteiger partial charge in [0.1, 0.15) is 0 Å². The van der Waals surface area contributed by atoms with E-state index in [-0.39, 0.29) is 17.5 Å². The van der Waals surface area contributed by atoms with Crippen LogP contribution in [0.25, 0.3) is 0 Å². The molecule has 0 bridgehead atoms. The standard InChI is InChI=1S/C25H32O3/c1-13-15(3)21(19(7)26)10-23(17(13)5)25(12-28-9)24-11-22(20(8)27)16(4)14(2)18(24)6/h10-11,25H,12H2,1-9H3. The summed E-state index contributed by atoms with van der Waals surface area (Å²) in [5.74, 6) is 0.0956. The Morgan fingerprint density at radius 1 is 0.714 bits per heavy atom. The van der Waals surface area contributed by atoms with E-state index in [1.807, 2.05) is 26.0 Å². The summed E-state index contributed by atoms with van der Waals surface area (Å²) < 4.78 is 5.59. The van der Waals surface area contributed by atoms with Gasteiger partial charge in [-0.1, -0.05) is 0 Å². The van der Waals surface area contributed by atoms with Crippen LogP contribution in [0.3, 0.4) is 0 Å². The molecule has 3 nitrogen and oxygen atoms in total. The Kier molecular flexibility index (Phi) is 6.61. The lowest BCUT2D eigenvalue weighted by Gasteiger charge is -2.26. The first-order valence-corrected chi connectivity index (χ1v) is 9.75. The lowest BCUT2D eigenvalue weighted by molar-refractivity contribution is 0.100. The van der Waals surface area contributed by atoms with Crippen molar-refractivity contribution in [2.24, 2.45) is 0 Å². The van der Waals surface area contributed by atoms with Crippen LogP contribution in [0.15, 0.2) is 12.1 Å². The Bertz CT molecular complexity index is 876. The van der Waals surface area contributed by atoms with Gasteiger partial charge in [0.2, 0.25) is 0 Å². The van der Waals surface area contributed by atoms with Crippen LogP contribution in [-0.2, 0) is 4.74 Å². The third-order valence-corrected chi connectivity index (χ3v) is 6.37. The zero-order chi connectivity index (χ0) is 21.3. The summed E-state index contributed by atoms with van der Waals surface area (Å²) >= 11 is 0. The van der Waals surface area contributed by atoms with E-state index in [4.69, 9.17) is 4.74 Å². The predicted octanol–water partition coefficient (Wildman–Crippen LogP) is 5.72. The normalized spacial score (nSPS) is 11.2. The molecule has 0 saturated carbocycles. The molecule has 0 atom stereocenters. The number of methoxy groups -OCH3 is 1. The van der Waals surface area contributed by atoms with Crippen molar-refractivity contribution in [1.82, 2.24) is 0 Å². The molecular weight excluding hydrogens is 348 g/mol. The van der Waals surface area contributed by atoms with E-state index < -0.39 is 0 Å². The highest BCUT2D eigenvalue weighted by Crippen LogP contribution is 2.36. The fourth-order valence-corrected chi connectivity index (χ4v) is 4.11. The molecular formula is C25H32O3. The summed E-state index contributed by atoms with van der Waals surface area (Å²) in [7, 11) is 1.69. The van der Waals surface area contributed by atoms with E-state index in [0.29, 0.717) is 6.61 Å². The fourth-order valence-electron chi connectivity index (χ4n) is 4.11. The minimum atomic E-state index is -0.0419. The predicted molar refractivity (Wildman–Crippen MR) is 115 cm³/mol. The van der Waals surface area contributed by atoms with E-state index in [1.54, 1.807) is 21.0 Å². The zero-order valence-electron chi connectivity index (χ0n) is 18.7. The lowest BCUT2D eigenvalue weighted by atomic mass is 9.79. The number of rotatable bonds is 6. The molecule has 0 aliphatic rings. The van der Waals surface area contributed by atoms with E-state index in [0.717, 1.165) is 44.5 Å². The Morgan fingerprint density at radius 3 is 1.36 bits per heavy atom. The van der Waals surface area contributed by atoms with Crippen molar-refractivity contribution in [1.29, 1.82) is 0 Å². The van der Waals surface area contributed by atoms with Crippen LogP contribution in [0.5, 0.6) is 0 Å². The van der Waals surface area contributed by atoms with Gasteiger partial charge in [-0.2, -0.15) is 0 Å². The second-order valence-corrected chi connectivity index (χ2v) is 7.90. The molecule has 0 saturated heterocycles. The number of benzene rings is 2. The second kappa shape index (κ2) is 8.40. The summed E-state index contributed by atoms with van der Waals surface area (Å²) in [4.78, 5) is 24.5. The number of hydrogen-bond acceptors (Lipinski definition) is 3. The van der Waals surface area contributed by atoms with Crippen molar-refractivity contribution < 1.29 is 14.3 Å². The number of carbonyl (C=O) groups is 2. The molecule has 0 amide bonds. The first kappa shape index (κ1) is 22.0. The molecule has 150 valence electrons. The van der Waals surface area contributed by atoms with E-state index in [1.165, 1.54) is 11.1 Å². The third-order valence-electron chi connectivity index (χ3n) is 6.37. The van der Waals surface area contributed by atoms with E-state index in [9.17, 15) is 9.59 Å². The van der Waals surface area contributed by atoms with Gasteiger partial charge in [0.05, 0.1) is 6.61 Å². The van der Waals surface area contributed by atoms with Crippen LogP contribution in [0, 0.1) is 41.5 Å². The van der Waals surface area contributed by atoms with Gasteiger partial charge in [-0.05, 0) is 112 Å². The highest BCUT2D eigenvalue weighted by Gasteiger charge is 2.24. The van der Waals surface area contributed by atoms with Crippen molar-refractivity contribution in [3.8, 4) is 0 Å². The minimum absolute atomic E-state index is 0.0419. The Labute approximate surface area is 169 Å². The summed E-state index contributed by atoms with van der Waals surface area (Å²) in [6.07, 6.45) is 0. The largest absolute Gasteiger partial charge is 0.384 e. The molecule has 0 aliphatic heterocycles. The van der Waals surface area contributed by atoms with Crippen LogP contribution in [0.1, 0.15) is 85.0 Å². The van der Waals surface area contributed by atoms with Gasteiger partial charge in [0.15, 0.2) is 11.6 Å². The Balaban J connectivity index is 2.85. The van der Waals surface area contributed by atoms with Gasteiger partial charge < -0.3 is 4.74 Å². The van der Waals surface area contributed by atoms with E-state index >= 15 is 0 Å². The maximum Gasteiger partial charge on any atom is 0.160 e. The molecule has 0 radical (unpaired) electrons. The van der Waals surface area contributed by atoms with Crippen LogP contribution in [-0.4, -0.2) is 25.3 Å². The molecule has 3 heteroatoms. The van der Waals surface area contributed by atoms with Crippen molar-refractivity contribution in [2.75, 3.05) is 13.7 Å². The highest BCUT2D eigenvalue weighted by atomic mass is 16.5. The van der Waals surface area contributed by atoms with Crippen LogP contribution in [0.2, 0.25) is 0 Å². The average Bonchev–Trinajstić information content (AvgIpc) is 2.63. The number of Topliss-reactive ketones (excluding diaryl/α,β-unsaturated/α-hetero) is 2. The second-order valence-electron chi connectivity index (χ2n) is 7.90. The highest BCUT2D eigenvalue weighted by molar-refractivity contribution is 5.97. The van der Waals surface area contributed by atoms with Gasteiger partial charge in [-0.15, -0.1) is 0 Å².